The zero-order valence-electron chi connectivity index (χ0n) is 13.3. The van der Waals surface area contributed by atoms with Gasteiger partial charge in [-0.3, -0.25) is 0 Å². The van der Waals surface area contributed by atoms with Crippen LogP contribution in [-0.4, -0.2) is 22.1 Å². The SMILES string of the molecule is CC(C)Nc1nc(NC2CCCC2)cc(-c2ccccc2)n1. The maximum atomic E-state index is 4.66. The quantitative estimate of drug-likeness (QED) is 0.863. The second kappa shape index (κ2) is 6.77. The number of nitrogens with one attached hydrogen (secondary N) is 2. The molecule has 0 unspecified atom stereocenters. The Balaban J connectivity index is 1.90. The van der Waals surface area contributed by atoms with Crippen molar-refractivity contribution in [3.05, 3.63) is 36.4 Å². The molecular weight excluding hydrogens is 272 g/mol. The minimum Gasteiger partial charge on any atom is -0.367 e. The van der Waals surface area contributed by atoms with Crippen LogP contribution < -0.4 is 10.6 Å². The molecule has 2 N–H and O–H groups in total. The smallest absolute Gasteiger partial charge is 0.225 e. The van der Waals surface area contributed by atoms with Crippen molar-refractivity contribution in [3.8, 4) is 11.3 Å². The van der Waals surface area contributed by atoms with Gasteiger partial charge in [-0.15, -0.1) is 0 Å². The topological polar surface area (TPSA) is 49.8 Å². The molecule has 3 rings (SSSR count). The Morgan fingerprint density at radius 1 is 1.05 bits per heavy atom. The zero-order chi connectivity index (χ0) is 15.4. The summed E-state index contributed by atoms with van der Waals surface area (Å²) in [6.07, 6.45) is 5.09. The van der Waals surface area contributed by atoms with E-state index in [9.17, 15) is 0 Å². The van der Waals surface area contributed by atoms with E-state index in [0.29, 0.717) is 18.0 Å². The molecule has 1 aliphatic carbocycles. The van der Waals surface area contributed by atoms with Crippen LogP contribution in [0, 0.1) is 0 Å². The van der Waals surface area contributed by atoms with Crippen molar-refractivity contribution >= 4 is 11.8 Å². The van der Waals surface area contributed by atoms with Crippen molar-refractivity contribution in [2.24, 2.45) is 0 Å². The molecule has 0 saturated heterocycles. The van der Waals surface area contributed by atoms with Crippen molar-refractivity contribution in [2.75, 3.05) is 10.6 Å². The second-order valence-electron chi connectivity index (χ2n) is 6.25. The lowest BCUT2D eigenvalue weighted by Gasteiger charge is -2.16. The van der Waals surface area contributed by atoms with E-state index in [0.717, 1.165) is 17.1 Å². The first kappa shape index (κ1) is 14.8. The molecule has 0 atom stereocenters. The lowest BCUT2D eigenvalue weighted by Crippen LogP contribution is -2.18. The highest BCUT2D eigenvalue weighted by Gasteiger charge is 2.16. The molecule has 0 aliphatic heterocycles. The molecule has 0 radical (unpaired) electrons. The number of rotatable bonds is 5. The Bertz CT molecular complexity index is 604. The fourth-order valence-electron chi connectivity index (χ4n) is 2.88. The summed E-state index contributed by atoms with van der Waals surface area (Å²) >= 11 is 0. The van der Waals surface area contributed by atoms with Gasteiger partial charge in [-0.25, -0.2) is 4.98 Å². The van der Waals surface area contributed by atoms with Gasteiger partial charge in [-0.05, 0) is 26.7 Å². The number of benzene rings is 1. The van der Waals surface area contributed by atoms with Gasteiger partial charge < -0.3 is 10.6 Å². The van der Waals surface area contributed by atoms with Crippen molar-refractivity contribution in [2.45, 2.75) is 51.6 Å². The van der Waals surface area contributed by atoms with Gasteiger partial charge in [0.1, 0.15) is 5.82 Å². The lowest BCUT2D eigenvalue weighted by atomic mass is 10.1. The molecule has 4 heteroatoms. The number of hydrogen-bond acceptors (Lipinski definition) is 4. The summed E-state index contributed by atoms with van der Waals surface area (Å²) in [5, 5.41) is 6.89. The predicted octanol–water partition coefficient (Wildman–Crippen LogP) is 4.32. The monoisotopic (exact) mass is 296 g/mol. The fourth-order valence-corrected chi connectivity index (χ4v) is 2.88. The third kappa shape index (κ3) is 3.75. The average molecular weight is 296 g/mol. The largest absolute Gasteiger partial charge is 0.367 e. The highest BCUT2D eigenvalue weighted by Crippen LogP contribution is 2.25. The number of nitrogens with zero attached hydrogens (tertiary/aromatic N) is 2. The minimum atomic E-state index is 0.311. The summed E-state index contributed by atoms with van der Waals surface area (Å²) in [5.74, 6) is 1.61. The van der Waals surface area contributed by atoms with Gasteiger partial charge in [0.15, 0.2) is 0 Å². The van der Waals surface area contributed by atoms with Gasteiger partial charge in [-0.2, -0.15) is 4.98 Å². The van der Waals surface area contributed by atoms with Crippen LogP contribution in [-0.2, 0) is 0 Å². The molecule has 1 fully saturated rings. The van der Waals surface area contributed by atoms with E-state index in [4.69, 9.17) is 0 Å². The van der Waals surface area contributed by atoms with Crippen molar-refractivity contribution in [1.29, 1.82) is 0 Å². The average Bonchev–Trinajstić information content (AvgIpc) is 3.00. The van der Waals surface area contributed by atoms with Gasteiger partial charge >= 0.3 is 0 Å². The highest BCUT2D eigenvalue weighted by molar-refractivity contribution is 5.64. The van der Waals surface area contributed by atoms with Gasteiger partial charge in [0.25, 0.3) is 0 Å². The van der Waals surface area contributed by atoms with Crippen LogP contribution in [0.1, 0.15) is 39.5 Å². The molecule has 0 spiro atoms. The van der Waals surface area contributed by atoms with Crippen molar-refractivity contribution in [3.63, 3.8) is 0 Å². The van der Waals surface area contributed by atoms with Gasteiger partial charge in [-0.1, -0.05) is 43.2 Å². The summed E-state index contributed by atoms with van der Waals surface area (Å²) in [5.41, 5.74) is 2.07. The zero-order valence-corrected chi connectivity index (χ0v) is 13.3. The summed E-state index contributed by atoms with van der Waals surface area (Å²) < 4.78 is 0. The van der Waals surface area contributed by atoms with Crippen LogP contribution in [0.5, 0.6) is 0 Å². The molecule has 1 heterocycles. The Labute approximate surface area is 132 Å². The van der Waals surface area contributed by atoms with Crippen LogP contribution >= 0.6 is 0 Å². The number of anilines is 2. The first-order chi connectivity index (χ1) is 10.7. The third-order valence-electron chi connectivity index (χ3n) is 3.92. The summed E-state index contributed by atoms with van der Waals surface area (Å²) in [6, 6.07) is 13.2. The first-order valence-electron chi connectivity index (χ1n) is 8.18. The van der Waals surface area contributed by atoms with Gasteiger partial charge in [0.05, 0.1) is 5.69 Å². The van der Waals surface area contributed by atoms with Crippen LogP contribution in [0.25, 0.3) is 11.3 Å². The molecule has 22 heavy (non-hydrogen) atoms. The molecule has 1 aliphatic rings. The molecule has 2 aromatic rings. The Morgan fingerprint density at radius 2 is 1.77 bits per heavy atom. The molecule has 0 bridgehead atoms. The van der Waals surface area contributed by atoms with E-state index in [1.165, 1.54) is 25.7 Å². The van der Waals surface area contributed by atoms with Gasteiger partial charge in [0, 0.05) is 23.7 Å². The maximum absolute atomic E-state index is 4.66. The Hall–Kier alpha value is -2.10. The van der Waals surface area contributed by atoms with E-state index < -0.39 is 0 Å². The second-order valence-corrected chi connectivity index (χ2v) is 6.25. The van der Waals surface area contributed by atoms with Crippen LogP contribution in [0.15, 0.2) is 36.4 Å². The molecule has 116 valence electrons. The van der Waals surface area contributed by atoms with Crippen molar-refractivity contribution in [1.82, 2.24) is 9.97 Å². The highest BCUT2D eigenvalue weighted by atomic mass is 15.2. The van der Waals surface area contributed by atoms with Crippen LogP contribution in [0.3, 0.4) is 0 Å². The first-order valence-corrected chi connectivity index (χ1v) is 8.18. The maximum Gasteiger partial charge on any atom is 0.225 e. The van der Waals surface area contributed by atoms with E-state index in [1.807, 2.05) is 18.2 Å². The third-order valence-corrected chi connectivity index (χ3v) is 3.92. The molecule has 4 nitrogen and oxygen atoms in total. The number of hydrogen-bond donors (Lipinski definition) is 2. The molecule has 0 amide bonds. The van der Waals surface area contributed by atoms with Crippen molar-refractivity contribution < 1.29 is 0 Å². The molecule has 1 aromatic carbocycles. The van der Waals surface area contributed by atoms with Crippen LogP contribution in [0.4, 0.5) is 11.8 Å². The Kier molecular flexibility index (Phi) is 4.56. The normalized spacial score (nSPS) is 15.2. The summed E-state index contributed by atoms with van der Waals surface area (Å²) in [7, 11) is 0. The van der Waals surface area contributed by atoms with Crippen LogP contribution in [0.2, 0.25) is 0 Å². The van der Waals surface area contributed by atoms with E-state index in [1.54, 1.807) is 0 Å². The Morgan fingerprint density at radius 3 is 2.45 bits per heavy atom. The van der Waals surface area contributed by atoms with E-state index >= 15 is 0 Å². The molecule has 1 aromatic heterocycles. The van der Waals surface area contributed by atoms with Gasteiger partial charge in [0.2, 0.25) is 5.95 Å². The fraction of sp³-hybridized carbons (Fsp3) is 0.444. The molecular formula is C18H24N4. The standard InChI is InChI=1S/C18H24N4/c1-13(2)19-18-21-16(14-8-4-3-5-9-14)12-17(22-18)20-15-10-6-7-11-15/h3-5,8-9,12-13,15H,6-7,10-11H2,1-2H3,(H2,19,20,21,22). The predicted molar refractivity (Wildman–Crippen MR) is 92.1 cm³/mol. The molecule has 1 saturated carbocycles. The van der Waals surface area contributed by atoms with E-state index in [2.05, 4.69) is 52.6 Å². The lowest BCUT2D eigenvalue weighted by molar-refractivity contribution is 0.749. The summed E-state index contributed by atoms with van der Waals surface area (Å²) in [6.45, 7) is 4.20. The number of aromatic nitrogens is 2. The minimum absolute atomic E-state index is 0.311. The van der Waals surface area contributed by atoms with E-state index in [-0.39, 0.29) is 0 Å². The summed E-state index contributed by atoms with van der Waals surface area (Å²) in [4.78, 5) is 9.29.